The van der Waals surface area contributed by atoms with Gasteiger partial charge in [-0.1, -0.05) is 0 Å². The van der Waals surface area contributed by atoms with Crippen LogP contribution in [0.3, 0.4) is 0 Å². The Kier molecular flexibility index (Phi) is 9.00. The average Bonchev–Trinajstić information content (AvgIpc) is 2.45. The minimum atomic E-state index is -3.82. The second kappa shape index (κ2) is 9.38. The van der Waals surface area contributed by atoms with Gasteiger partial charge in [-0.15, -0.1) is 12.4 Å². The van der Waals surface area contributed by atoms with Gasteiger partial charge < -0.3 is 5.32 Å². The van der Waals surface area contributed by atoms with Gasteiger partial charge in [0, 0.05) is 6.54 Å². The van der Waals surface area contributed by atoms with Crippen LogP contribution in [-0.2, 0) is 20.0 Å². The van der Waals surface area contributed by atoms with Crippen LogP contribution in [0.15, 0.2) is 23.1 Å². The maximum atomic E-state index is 13.9. The third-order valence-electron chi connectivity index (χ3n) is 2.79. The molecule has 0 spiro atoms. The lowest BCUT2D eigenvalue weighted by Gasteiger charge is -2.10. The number of halogens is 2. The van der Waals surface area contributed by atoms with Crippen molar-refractivity contribution >= 4 is 38.1 Å². The summed E-state index contributed by atoms with van der Waals surface area (Å²) in [4.78, 5) is -0.256. The van der Waals surface area contributed by atoms with Gasteiger partial charge in [-0.05, 0) is 45.1 Å². The van der Waals surface area contributed by atoms with Crippen LogP contribution in [0.4, 0.5) is 10.1 Å². The first-order chi connectivity index (χ1) is 10.2. The summed E-state index contributed by atoms with van der Waals surface area (Å²) in [6, 6.07) is 3.02. The Morgan fingerprint density at radius 2 is 1.78 bits per heavy atom. The first-order valence-electron chi connectivity index (χ1n) is 6.66. The summed E-state index contributed by atoms with van der Waals surface area (Å²) in [6.45, 7) is 2.28. The van der Waals surface area contributed by atoms with Crippen LogP contribution in [-0.4, -0.2) is 42.7 Å². The van der Waals surface area contributed by atoms with Crippen molar-refractivity contribution in [3.63, 3.8) is 0 Å². The van der Waals surface area contributed by atoms with E-state index < -0.39 is 25.9 Å². The number of benzene rings is 1. The Balaban J connectivity index is 0.00000484. The zero-order valence-corrected chi connectivity index (χ0v) is 15.2. The lowest BCUT2D eigenvalue weighted by Crippen LogP contribution is -2.27. The number of anilines is 1. The molecule has 1 rings (SSSR count). The smallest absolute Gasteiger partial charge is 0.240 e. The van der Waals surface area contributed by atoms with Gasteiger partial charge in [0.25, 0.3) is 0 Å². The molecule has 0 aliphatic heterocycles. The Morgan fingerprint density at radius 3 is 2.30 bits per heavy atom. The molecule has 1 aromatic carbocycles. The van der Waals surface area contributed by atoms with Crippen molar-refractivity contribution in [2.24, 2.45) is 0 Å². The van der Waals surface area contributed by atoms with Crippen molar-refractivity contribution in [2.45, 2.75) is 18.2 Å². The first kappa shape index (κ1) is 22.1. The number of rotatable bonds is 9. The van der Waals surface area contributed by atoms with E-state index in [-0.39, 0.29) is 35.3 Å². The minimum absolute atomic E-state index is 0. The van der Waals surface area contributed by atoms with Crippen LogP contribution < -0.4 is 14.8 Å². The van der Waals surface area contributed by atoms with Gasteiger partial charge in [-0.25, -0.2) is 25.9 Å². The molecule has 0 bridgehead atoms. The molecule has 23 heavy (non-hydrogen) atoms. The fraction of sp³-hybridized carbons (Fsp3) is 0.500. The van der Waals surface area contributed by atoms with Crippen molar-refractivity contribution in [2.75, 3.05) is 30.6 Å². The zero-order valence-electron chi connectivity index (χ0n) is 12.8. The Bertz CT molecular complexity index is 711. The maximum absolute atomic E-state index is 13.9. The Labute approximate surface area is 142 Å². The Morgan fingerprint density at radius 1 is 1.13 bits per heavy atom. The highest BCUT2D eigenvalue weighted by Crippen LogP contribution is 2.20. The van der Waals surface area contributed by atoms with E-state index in [1.54, 1.807) is 7.05 Å². The molecule has 11 heteroatoms. The van der Waals surface area contributed by atoms with Gasteiger partial charge in [0.05, 0.1) is 16.3 Å². The molecule has 0 radical (unpaired) electrons. The highest BCUT2D eigenvalue weighted by molar-refractivity contribution is 7.92. The molecule has 3 N–H and O–H groups in total. The van der Waals surface area contributed by atoms with Gasteiger partial charge in [0.2, 0.25) is 20.0 Å². The van der Waals surface area contributed by atoms with E-state index in [0.29, 0.717) is 13.0 Å². The summed E-state index contributed by atoms with van der Waals surface area (Å²) in [5, 5.41) is 2.88. The number of nitrogens with one attached hydrogen (secondary N) is 3. The topological polar surface area (TPSA) is 104 Å². The molecule has 0 atom stereocenters. The van der Waals surface area contributed by atoms with Crippen molar-refractivity contribution in [3.8, 4) is 0 Å². The summed E-state index contributed by atoms with van der Waals surface area (Å²) < 4.78 is 65.0. The molecular formula is C12H21ClFN3O4S2. The van der Waals surface area contributed by atoms with E-state index in [1.807, 2.05) is 4.72 Å². The fourth-order valence-corrected chi connectivity index (χ4v) is 3.27. The third kappa shape index (κ3) is 7.00. The van der Waals surface area contributed by atoms with Crippen molar-refractivity contribution in [1.82, 2.24) is 10.0 Å². The van der Waals surface area contributed by atoms with Gasteiger partial charge >= 0.3 is 0 Å². The van der Waals surface area contributed by atoms with Crippen molar-refractivity contribution < 1.29 is 21.2 Å². The zero-order chi connectivity index (χ0) is 16.8. The van der Waals surface area contributed by atoms with E-state index in [9.17, 15) is 21.2 Å². The maximum Gasteiger partial charge on any atom is 0.240 e. The second-order valence-electron chi connectivity index (χ2n) is 4.50. The summed E-state index contributed by atoms with van der Waals surface area (Å²) >= 11 is 0. The van der Waals surface area contributed by atoms with Gasteiger partial charge in [0.15, 0.2) is 0 Å². The molecule has 0 saturated heterocycles. The quantitative estimate of drug-likeness (QED) is 0.544. The van der Waals surface area contributed by atoms with Crippen LogP contribution in [0.25, 0.3) is 0 Å². The molecule has 0 aromatic heterocycles. The van der Waals surface area contributed by atoms with E-state index in [1.165, 1.54) is 6.92 Å². The first-order valence-corrected chi connectivity index (χ1v) is 9.79. The highest BCUT2D eigenvalue weighted by atomic mass is 35.5. The fourth-order valence-electron chi connectivity index (χ4n) is 1.54. The number of sulfonamides is 2. The monoisotopic (exact) mass is 389 g/mol. The number of hydrogen-bond acceptors (Lipinski definition) is 5. The molecule has 0 aliphatic carbocycles. The lowest BCUT2D eigenvalue weighted by molar-refractivity contribution is 0.574. The third-order valence-corrected chi connectivity index (χ3v) is 5.54. The molecule has 0 heterocycles. The van der Waals surface area contributed by atoms with Gasteiger partial charge in [0.1, 0.15) is 5.82 Å². The molecule has 134 valence electrons. The largest absolute Gasteiger partial charge is 0.320 e. The van der Waals surface area contributed by atoms with Gasteiger partial charge in [-0.3, -0.25) is 4.72 Å². The summed E-state index contributed by atoms with van der Waals surface area (Å²) in [5.74, 6) is -1.16. The van der Waals surface area contributed by atoms with E-state index >= 15 is 0 Å². The molecule has 0 unspecified atom stereocenters. The predicted octanol–water partition coefficient (Wildman–Crippen LogP) is 0.897. The second-order valence-corrected chi connectivity index (χ2v) is 8.28. The molecule has 1 aromatic rings. The molecule has 0 amide bonds. The normalized spacial score (nSPS) is 11.8. The van der Waals surface area contributed by atoms with Crippen LogP contribution in [0, 0.1) is 5.82 Å². The van der Waals surface area contributed by atoms with E-state index in [2.05, 4.69) is 10.0 Å². The average molecular weight is 390 g/mol. The summed E-state index contributed by atoms with van der Waals surface area (Å²) in [6.07, 6.45) is 0.590. The van der Waals surface area contributed by atoms with Crippen LogP contribution in [0.5, 0.6) is 0 Å². The minimum Gasteiger partial charge on any atom is -0.320 e. The predicted molar refractivity (Wildman–Crippen MR) is 90.5 cm³/mol. The van der Waals surface area contributed by atoms with Crippen LogP contribution >= 0.6 is 12.4 Å². The van der Waals surface area contributed by atoms with E-state index in [4.69, 9.17) is 0 Å². The molecule has 0 fully saturated rings. The number of hydrogen-bond donors (Lipinski definition) is 3. The van der Waals surface area contributed by atoms with Gasteiger partial charge in [-0.2, -0.15) is 0 Å². The lowest BCUT2D eigenvalue weighted by atomic mass is 10.3. The Hall–Kier alpha value is -0.940. The van der Waals surface area contributed by atoms with Crippen molar-refractivity contribution in [3.05, 3.63) is 24.0 Å². The standard InChI is InChI=1S/C12H20FN3O4S2.ClH/c1-3-21(17,18)16-12-6-5-10(9-11(12)13)22(19,20)15-8-4-7-14-2;/h5-6,9,14-16H,3-4,7-8H2,1-2H3;1H. The van der Waals surface area contributed by atoms with Crippen LogP contribution in [0.1, 0.15) is 13.3 Å². The van der Waals surface area contributed by atoms with E-state index in [0.717, 1.165) is 18.2 Å². The summed E-state index contributed by atoms with van der Waals surface area (Å²) in [7, 11) is -5.70. The SMILES string of the molecule is CCS(=O)(=O)Nc1ccc(S(=O)(=O)NCCCNC)cc1F.Cl. The highest BCUT2D eigenvalue weighted by Gasteiger charge is 2.17. The molecule has 0 saturated carbocycles. The molecule has 0 aliphatic rings. The summed E-state index contributed by atoms with van der Waals surface area (Å²) in [5.41, 5.74) is -0.281. The molecular weight excluding hydrogens is 369 g/mol. The van der Waals surface area contributed by atoms with Crippen molar-refractivity contribution in [1.29, 1.82) is 0 Å². The molecule has 7 nitrogen and oxygen atoms in total. The van der Waals surface area contributed by atoms with Crippen LogP contribution in [0.2, 0.25) is 0 Å².